The molecule has 0 aromatic heterocycles. The molecule has 1 radical (unpaired) electrons. The molecule has 8 heavy (non-hydrogen) atoms. The topological polar surface area (TPSA) is 54.0 Å². The Morgan fingerprint density at radius 2 is 1.75 bits per heavy atom. The quantitative estimate of drug-likeness (QED) is 0.485. The molecule has 0 fully saturated rings. The maximum atomic E-state index is 10.2. The zero-order chi connectivity index (χ0) is 6.57. The second-order valence-electron chi connectivity index (χ2n) is 1.34. The number of carbonyl (C=O) groups excluding carboxylic acids is 2. The van der Waals surface area contributed by atoms with E-state index in [1.807, 2.05) is 0 Å². The summed E-state index contributed by atoms with van der Waals surface area (Å²) in [6, 6.07) is 0. The molecule has 0 aromatic rings. The van der Waals surface area contributed by atoms with Gasteiger partial charge in [0.15, 0.2) is 0 Å². The van der Waals surface area contributed by atoms with E-state index >= 15 is 0 Å². The molecule has 0 aliphatic heterocycles. The van der Waals surface area contributed by atoms with Crippen LogP contribution in [0.1, 0.15) is 13.3 Å². The molecule has 0 aromatic carbocycles. The SMILES string of the molecule is CCC(=O)C(=O)C[O]. The fourth-order valence-corrected chi connectivity index (χ4v) is 0.278. The molecule has 45 valence electrons. The molecule has 0 aliphatic rings. The minimum atomic E-state index is -0.910. The summed E-state index contributed by atoms with van der Waals surface area (Å²) in [5.41, 5.74) is 0. The predicted molar refractivity (Wildman–Crippen MR) is 25.9 cm³/mol. The lowest BCUT2D eigenvalue weighted by Gasteiger charge is -1.85. The van der Waals surface area contributed by atoms with Gasteiger partial charge in [-0.2, -0.15) is 0 Å². The maximum absolute atomic E-state index is 10.2. The second-order valence-corrected chi connectivity index (χ2v) is 1.34. The van der Waals surface area contributed by atoms with Crippen LogP contribution in [0.4, 0.5) is 0 Å². The molecule has 0 aliphatic carbocycles. The molecule has 3 nitrogen and oxygen atoms in total. The fourth-order valence-electron chi connectivity index (χ4n) is 0.278. The van der Waals surface area contributed by atoms with Crippen LogP contribution in [0.3, 0.4) is 0 Å². The first kappa shape index (κ1) is 7.30. The number of Topliss-reactive ketones (excluding diaryl/α,β-unsaturated/α-hetero) is 2. The first-order valence-corrected chi connectivity index (χ1v) is 2.36. The predicted octanol–water partition coefficient (Wildman–Crippen LogP) is -0.0349. The lowest BCUT2D eigenvalue weighted by atomic mass is 10.2. The summed E-state index contributed by atoms with van der Waals surface area (Å²) in [7, 11) is 0. The molecular weight excluding hydrogens is 108 g/mol. The van der Waals surface area contributed by atoms with Crippen molar-refractivity contribution in [2.45, 2.75) is 13.3 Å². The first-order chi connectivity index (χ1) is 3.72. The molecule has 0 atom stereocenters. The Labute approximate surface area is 47.3 Å². The van der Waals surface area contributed by atoms with E-state index in [9.17, 15) is 14.7 Å². The third-order valence-corrected chi connectivity index (χ3v) is 0.763. The Kier molecular flexibility index (Phi) is 3.03. The number of carbonyl (C=O) groups is 2. The summed E-state index contributed by atoms with van der Waals surface area (Å²) in [6.07, 6.45) is 0.140. The monoisotopic (exact) mass is 115 g/mol. The van der Waals surface area contributed by atoms with Gasteiger partial charge in [-0.25, -0.2) is 5.11 Å². The van der Waals surface area contributed by atoms with Crippen LogP contribution in [0.25, 0.3) is 0 Å². The van der Waals surface area contributed by atoms with E-state index in [1.54, 1.807) is 6.92 Å². The molecule has 0 saturated heterocycles. The van der Waals surface area contributed by atoms with Crippen LogP contribution in [0.15, 0.2) is 0 Å². The lowest BCUT2D eigenvalue weighted by molar-refractivity contribution is -0.139. The van der Waals surface area contributed by atoms with E-state index in [0.29, 0.717) is 0 Å². The summed E-state index contributed by atoms with van der Waals surface area (Å²) in [6.45, 7) is 0.641. The molecule has 0 bridgehead atoms. The molecule has 0 unspecified atom stereocenters. The molecular formula is C5H7O3. The highest BCUT2D eigenvalue weighted by atomic mass is 16.3. The van der Waals surface area contributed by atoms with E-state index in [2.05, 4.69) is 0 Å². The molecule has 0 amide bonds. The summed E-state index contributed by atoms with van der Waals surface area (Å²) in [5, 5.41) is 9.66. The maximum Gasteiger partial charge on any atom is 0.227 e. The third kappa shape index (κ3) is 1.84. The minimum absolute atomic E-state index is 0.140. The first-order valence-electron chi connectivity index (χ1n) is 2.36. The van der Waals surface area contributed by atoms with Crippen LogP contribution in [-0.2, 0) is 14.7 Å². The van der Waals surface area contributed by atoms with E-state index in [4.69, 9.17) is 0 Å². The smallest absolute Gasteiger partial charge is 0.227 e. The standard InChI is InChI=1S/C5H7O3/c1-2-4(7)5(8)3-6/h2-3H2,1H3. The molecule has 0 saturated carbocycles. The van der Waals surface area contributed by atoms with Crippen LogP contribution in [0.2, 0.25) is 0 Å². The van der Waals surface area contributed by atoms with Gasteiger partial charge >= 0.3 is 0 Å². The molecule has 0 heterocycles. The Morgan fingerprint density at radius 1 is 1.25 bits per heavy atom. The fraction of sp³-hybridized carbons (Fsp3) is 0.600. The van der Waals surface area contributed by atoms with Gasteiger partial charge in [0.05, 0.1) is 0 Å². The summed E-state index contributed by atoms with van der Waals surface area (Å²) < 4.78 is 0. The average molecular weight is 115 g/mol. The van der Waals surface area contributed by atoms with Crippen LogP contribution in [-0.4, -0.2) is 18.2 Å². The van der Waals surface area contributed by atoms with Gasteiger partial charge in [-0.05, 0) is 0 Å². The van der Waals surface area contributed by atoms with Crippen LogP contribution in [0, 0.1) is 0 Å². The highest BCUT2D eigenvalue weighted by Gasteiger charge is 2.08. The van der Waals surface area contributed by atoms with E-state index < -0.39 is 18.2 Å². The molecule has 3 heteroatoms. The van der Waals surface area contributed by atoms with Crippen LogP contribution in [0.5, 0.6) is 0 Å². The van der Waals surface area contributed by atoms with E-state index in [0.717, 1.165) is 0 Å². The third-order valence-electron chi connectivity index (χ3n) is 0.763. The summed E-state index contributed by atoms with van der Waals surface area (Å²) >= 11 is 0. The van der Waals surface area contributed by atoms with Gasteiger partial charge in [0.1, 0.15) is 6.61 Å². The second kappa shape index (κ2) is 3.32. The van der Waals surface area contributed by atoms with Crippen molar-refractivity contribution in [3.8, 4) is 0 Å². The molecule has 0 spiro atoms. The van der Waals surface area contributed by atoms with Crippen molar-refractivity contribution in [2.24, 2.45) is 0 Å². The van der Waals surface area contributed by atoms with Crippen molar-refractivity contribution in [1.82, 2.24) is 0 Å². The minimum Gasteiger partial charge on any atom is -0.291 e. The number of ketones is 2. The highest BCUT2D eigenvalue weighted by molar-refractivity contribution is 6.37. The molecule has 0 rings (SSSR count). The van der Waals surface area contributed by atoms with Gasteiger partial charge < -0.3 is 0 Å². The highest BCUT2D eigenvalue weighted by Crippen LogP contribution is 1.80. The van der Waals surface area contributed by atoms with Crippen LogP contribution < -0.4 is 0 Å². The Hall–Kier alpha value is -0.700. The van der Waals surface area contributed by atoms with Gasteiger partial charge in [0.25, 0.3) is 0 Å². The Balaban J connectivity index is 3.64. The van der Waals surface area contributed by atoms with Crippen molar-refractivity contribution < 1.29 is 14.7 Å². The normalized spacial score (nSPS) is 8.75. The zero-order valence-electron chi connectivity index (χ0n) is 4.64. The lowest BCUT2D eigenvalue weighted by Crippen LogP contribution is -2.15. The van der Waals surface area contributed by atoms with E-state index in [-0.39, 0.29) is 6.42 Å². The van der Waals surface area contributed by atoms with Crippen molar-refractivity contribution in [1.29, 1.82) is 0 Å². The largest absolute Gasteiger partial charge is 0.291 e. The Morgan fingerprint density at radius 3 is 1.88 bits per heavy atom. The van der Waals surface area contributed by atoms with Crippen LogP contribution >= 0.6 is 0 Å². The number of hydrogen-bond acceptors (Lipinski definition) is 2. The van der Waals surface area contributed by atoms with Gasteiger partial charge in [0, 0.05) is 6.42 Å². The van der Waals surface area contributed by atoms with Gasteiger partial charge in [-0.15, -0.1) is 0 Å². The summed E-state index contributed by atoms with van der Waals surface area (Å²) in [4.78, 5) is 20.3. The number of rotatable bonds is 3. The van der Waals surface area contributed by atoms with Crippen molar-refractivity contribution in [3.63, 3.8) is 0 Å². The van der Waals surface area contributed by atoms with Crippen molar-refractivity contribution in [3.05, 3.63) is 0 Å². The van der Waals surface area contributed by atoms with Gasteiger partial charge in [-0.3, -0.25) is 9.59 Å². The van der Waals surface area contributed by atoms with Crippen molar-refractivity contribution >= 4 is 11.6 Å². The molecule has 0 N–H and O–H groups in total. The zero-order valence-corrected chi connectivity index (χ0v) is 4.64. The van der Waals surface area contributed by atoms with Crippen molar-refractivity contribution in [2.75, 3.05) is 6.61 Å². The summed E-state index contributed by atoms with van der Waals surface area (Å²) in [5.74, 6) is -1.38. The van der Waals surface area contributed by atoms with Gasteiger partial charge in [-0.1, -0.05) is 6.92 Å². The Bertz CT molecular complexity index is 92.2. The average Bonchev–Trinajstić information content (AvgIpc) is 1.84. The number of hydrogen-bond donors (Lipinski definition) is 0. The van der Waals surface area contributed by atoms with Gasteiger partial charge in [0.2, 0.25) is 11.6 Å². The van der Waals surface area contributed by atoms with E-state index in [1.165, 1.54) is 0 Å².